The number of hydrogen-bond donors (Lipinski definition) is 0. The molecule has 2 heterocycles. The van der Waals surface area contributed by atoms with Crippen molar-refractivity contribution in [3.8, 4) is 0 Å². The lowest BCUT2D eigenvalue weighted by atomic mass is 10.1. The number of benzene rings is 1. The van der Waals surface area contributed by atoms with Crippen molar-refractivity contribution < 1.29 is 8.42 Å². The predicted molar refractivity (Wildman–Crippen MR) is 95.3 cm³/mol. The van der Waals surface area contributed by atoms with E-state index in [1.807, 2.05) is 26.8 Å². The molecular weight excluding hydrogens is 376 g/mol. The van der Waals surface area contributed by atoms with Gasteiger partial charge in [0.2, 0.25) is 0 Å². The maximum absolute atomic E-state index is 13.1. The molecule has 0 unspecified atom stereocenters. The molecule has 0 aliphatic carbocycles. The average Bonchev–Trinajstić information content (AvgIpc) is 2.78. The second kappa shape index (κ2) is 5.76. The summed E-state index contributed by atoms with van der Waals surface area (Å²) in [6, 6.07) is 8.81. The smallest absolute Gasteiger partial charge is 0.236 e. The molecule has 3 rings (SSSR count). The largest absolute Gasteiger partial charge is 0.269 e. The molecule has 6 heteroatoms. The van der Waals surface area contributed by atoms with Gasteiger partial charge in [0.05, 0.1) is 4.90 Å². The first-order chi connectivity index (χ1) is 10.9. The summed E-state index contributed by atoms with van der Waals surface area (Å²) >= 11 is 3.41. The van der Waals surface area contributed by atoms with Crippen LogP contribution in [0, 0.1) is 13.8 Å². The van der Waals surface area contributed by atoms with E-state index < -0.39 is 10.0 Å². The number of pyridine rings is 1. The van der Waals surface area contributed by atoms with Gasteiger partial charge < -0.3 is 0 Å². The minimum Gasteiger partial charge on any atom is -0.236 e. The van der Waals surface area contributed by atoms with Gasteiger partial charge in [-0.15, -0.1) is 0 Å². The van der Waals surface area contributed by atoms with E-state index in [0.717, 1.165) is 27.4 Å². The third-order valence-electron chi connectivity index (χ3n) is 4.00. The zero-order valence-electron chi connectivity index (χ0n) is 13.2. The summed E-state index contributed by atoms with van der Waals surface area (Å²) in [4.78, 5) is 4.63. The monoisotopic (exact) mass is 392 g/mol. The molecule has 3 aromatic rings. The number of aryl methyl sites for hydroxylation is 2. The summed E-state index contributed by atoms with van der Waals surface area (Å²) < 4.78 is 28.4. The maximum Gasteiger partial charge on any atom is 0.269 e. The zero-order chi connectivity index (χ0) is 16.8. The van der Waals surface area contributed by atoms with Gasteiger partial charge in [0.25, 0.3) is 10.0 Å². The lowest BCUT2D eigenvalue weighted by Gasteiger charge is -2.10. The Morgan fingerprint density at radius 2 is 1.83 bits per heavy atom. The van der Waals surface area contributed by atoms with Crippen molar-refractivity contribution in [2.45, 2.75) is 32.1 Å². The molecule has 2 aromatic heterocycles. The van der Waals surface area contributed by atoms with E-state index in [1.165, 1.54) is 3.97 Å². The molecule has 4 nitrogen and oxygen atoms in total. The number of halogens is 1. The van der Waals surface area contributed by atoms with Crippen LogP contribution in [0.25, 0.3) is 11.0 Å². The topological polar surface area (TPSA) is 52.0 Å². The van der Waals surface area contributed by atoms with E-state index in [-0.39, 0.29) is 4.90 Å². The molecule has 0 N–H and O–H groups in total. The van der Waals surface area contributed by atoms with Crippen LogP contribution in [0.2, 0.25) is 0 Å². The van der Waals surface area contributed by atoms with Gasteiger partial charge >= 0.3 is 0 Å². The highest BCUT2D eigenvalue weighted by atomic mass is 79.9. The van der Waals surface area contributed by atoms with Gasteiger partial charge in [0.1, 0.15) is 0 Å². The first-order valence-corrected chi connectivity index (χ1v) is 9.57. The number of fused-ring (bicyclic) bond motifs is 1. The Labute approximate surface area is 144 Å². The minimum absolute atomic E-state index is 0.274. The molecule has 23 heavy (non-hydrogen) atoms. The third-order valence-corrected chi connectivity index (χ3v) is 6.23. The minimum atomic E-state index is -3.68. The van der Waals surface area contributed by atoms with E-state index in [2.05, 4.69) is 20.9 Å². The van der Waals surface area contributed by atoms with Gasteiger partial charge in [-0.05, 0) is 60.0 Å². The van der Waals surface area contributed by atoms with Gasteiger partial charge in [0, 0.05) is 21.7 Å². The molecule has 0 amide bonds. The van der Waals surface area contributed by atoms with Crippen LogP contribution < -0.4 is 0 Å². The average molecular weight is 393 g/mol. The Bertz CT molecular complexity index is 990. The molecule has 0 atom stereocenters. The molecule has 120 valence electrons. The van der Waals surface area contributed by atoms with Crippen LogP contribution in [0.3, 0.4) is 0 Å². The Kier molecular flexibility index (Phi) is 4.06. The molecule has 0 spiro atoms. The van der Waals surface area contributed by atoms with Crippen LogP contribution in [-0.4, -0.2) is 17.4 Å². The quantitative estimate of drug-likeness (QED) is 0.670. The van der Waals surface area contributed by atoms with Crippen molar-refractivity contribution in [3.05, 3.63) is 57.8 Å². The number of rotatable bonds is 3. The molecule has 0 aliphatic heterocycles. The Balaban J connectivity index is 2.35. The normalized spacial score (nSPS) is 12.0. The summed E-state index contributed by atoms with van der Waals surface area (Å²) in [6.07, 6.45) is 2.37. The summed E-state index contributed by atoms with van der Waals surface area (Å²) in [5, 5.41) is 0.870. The first kappa shape index (κ1) is 16.2. The van der Waals surface area contributed by atoms with Crippen molar-refractivity contribution in [3.63, 3.8) is 0 Å². The summed E-state index contributed by atoms with van der Waals surface area (Å²) in [6.45, 7) is 5.78. The summed E-state index contributed by atoms with van der Waals surface area (Å²) in [7, 11) is -3.68. The molecule has 1 aromatic carbocycles. The molecule has 0 bridgehead atoms. The predicted octanol–water partition coefficient (Wildman–Crippen LogP) is 4.22. The van der Waals surface area contributed by atoms with Crippen molar-refractivity contribution in [1.29, 1.82) is 0 Å². The molecular formula is C17H17BrN2O2S. The van der Waals surface area contributed by atoms with Gasteiger partial charge in [-0.25, -0.2) is 17.4 Å². The van der Waals surface area contributed by atoms with E-state index in [4.69, 9.17) is 0 Å². The highest BCUT2D eigenvalue weighted by Gasteiger charge is 2.25. The van der Waals surface area contributed by atoms with Crippen LogP contribution in [-0.2, 0) is 16.4 Å². The second-order valence-electron chi connectivity index (χ2n) is 5.52. The van der Waals surface area contributed by atoms with Crippen LogP contribution in [0.4, 0.5) is 0 Å². The number of aromatic nitrogens is 2. The second-order valence-corrected chi connectivity index (χ2v) is 8.23. The number of nitrogens with zero attached hydrogens (tertiary/aromatic N) is 2. The van der Waals surface area contributed by atoms with Crippen LogP contribution in [0.5, 0.6) is 0 Å². The highest BCUT2D eigenvalue weighted by molar-refractivity contribution is 9.10. The van der Waals surface area contributed by atoms with Gasteiger partial charge in [-0.3, -0.25) is 0 Å². The van der Waals surface area contributed by atoms with Crippen LogP contribution in [0.1, 0.15) is 23.7 Å². The van der Waals surface area contributed by atoms with Crippen LogP contribution in [0.15, 0.2) is 45.9 Å². The van der Waals surface area contributed by atoms with E-state index in [1.54, 1.807) is 30.5 Å². The zero-order valence-corrected chi connectivity index (χ0v) is 15.6. The molecule has 0 saturated heterocycles. The Hall–Kier alpha value is -1.66. The molecule has 0 radical (unpaired) electrons. The van der Waals surface area contributed by atoms with Crippen LogP contribution >= 0.6 is 15.9 Å². The Morgan fingerprint density at radius 1 is 1.17 bits per heavy atom. The van der Waals surface area contributed by atoms with E-state index in [0.29, 0.717) is 11.3 Å². The summed E-state index contributed by atoms with van der Waals surface area (Å²) in [5.41, 5.74) is 3.22. The van der Waals surface area contributed by atoms with Gasteiger partial charge in [-0.2, -0.15) is 0 Å². The lowest BCUT2D eigenvalue weighted by Crippen LogP contribution is -2.15. The van der Waals surface area contributed by atoms with E-state index >= 15 is 0 Å². The fraction of sp³-hybridized carbons (Fsp3) is 0.235. The highest BCUT2D eigenvalue weighted by Crippen LogP contribution is 2.30. The van der Waals surface area contributed by atoms with Crippen molar-refractivity contribution in [2.75, 3.05) is 0 Å². The van der Waals surface area contributed by atoms with Crippen molar-refractivity contribution >= 4 is 37.0 Å². The van der Waals surface area contributed by atoms with Crippen molar-refractivity contribution in [2.24, 2.45) is 0 Å². The molecule has 0 fully saturated rings. The van der Waals surface area contributed by atoms with Crippen molar-refractivity contribution in [1.82, 2.24) is 8.96 Å². The Morgan fingerprint density at radius 3 is 2.43 bits per heavy atom. The fourth-order valence-corrected chi connectivity index (χ4v) is 4.71. The van der Waals surface area contributed by atoms with Gasteiger partial charge in [-0.1, -0.05) is 24.6 Å². The lowest BCUT2D eigenvalue weighted by molar-refractivity contribution is 0.587. The summed E-state index contributed by atoms with van der Waals surface area (Å²) in [5.74, 6) is 0. The molecule has 0 saturated carbocycles. The van der Waals surface area contributed by atoms with E-state index in [9.17, 15) is 8.42 Å². The SMILES string of the molecule is CCc1c(C)n(S(=O)(=O)c2ccc(C)cc2)c2ncc(Br)cc12. The third kappa shape index (κ3) is 2.60. The standard InChI is InChI=1S/C17H17BrN2O2S/c1-4-15-12(3)20(17-16(15)9-13(18)10-19-17)23(21,22)14-7-5-11(2)6-8-14/h5-10H,4H2,1-3H3. The first-order valence-electron chi connectivity index (χ1n) is 7.34. The van der Waals surface area contributed by atoms with Gasteiger partial charge in [0.15, 0.2) is 5.65 Å². The fourth-order valence-electron chi connectivity index (χ4n) is 2.85. The molecule has 0 aliphatic rings. The maximum atomic E-state index is 13.1. The number of hydrogen-bond acceptors (Lipinski definition) is 3.